The highest BCUT2D eigenvalue weighted by atomic mass is 16.6. The number of nitrogens with zero attached hydrogens (tertiary/aromatic N) is 1. The second kappa shape index (κ2) is 5.95. The van der Waals surface area contributed by atoms with Crippen molar-refractivity contribution >= 4 is 18.7 Å². The van der Waals surface area contributed by atoms with Gasteiger partial charge in [-0.15, -0.1) is 0 Å². The summed E-state index contributed by atoms with van der Waals surface area (Å²) in [6.07, 6.45) is -0.453. The Labute approximate surface area is 124 Å². The first-order chi connectivity index (χ1) is 9.74. The molecule has 1 fully saturated rings. The summed E-state index contributed by atoms with van der Waals surface area (Å²) in [4.78, 5) is 13.3. The third-order valence-corrected chi connectivity index (χ3v) is 2.96. The summed E-state index contributed by atoms with van der Waals surface area (Å²) in [5.41, 5.74) is -0.134. The van der Waals surface area contributed by atoms with Crippen LogP contribution in [0.1, 0.15) is 20.8 Å². The lowest BCUT2D eigenvalue weighted by molar-refractivity contribution is -0.0221. The van der Waals surface area contributed by atoms with Crippen molar-refractivity contribution in [2.75, 3.05) is 13.1 Å². The average Bonchev–Trinajstić information content (AvgIpc) is 2.31. The van der Waals surface area contributed by atoms with Crippen LogP contribution in [0.5, 0.6) is 5.75 Å². The molecule has 114 valence electrons. The predicted octanol–water partition coefficient (Wildman–Crippen LogP) is 0.364. The van der Waals surface area contributed by atoms with Crippen LogP contribution in [0.15, 0.2) is 24.3 Å². The van der Waals surface area contributed by atoms with E-state index >= 15 is 0 Å². The first kappa shape index (κ1) is 15.7. The fraction of sp³-hybridized carbons (Fsp3) is 0.500. The first-order valence-corrected chi connectivity index (χ1v) is 6.85. The van der Waals surface area contributed by atoms with Crippen molar-refractivity contribution in [3.63, 3.8) is 0 Å². The Hall–Kier alpha value is -1.73. The van der Waals surface area contributed by atoms with Gasteiger partial charge in [-0.3, -0.25) is 0 Å². The van der Waals surface area contributed by atoms with Crippen LogP contribution in [-0.2, 0) is 4.74 Å². The standard InChI is InChI=1S/C14H20BNO5/c1-14(2,3)21-13(17)16-8-12(9-16)20-11-6-4-5-10(7-11)15(18)19/h4-7,12,18-19H,8-9H2,1-3H3. The van der Waals surface area contributed by atoms with Crippen LogP contribution in [0.4, 0.5) is 4.79 Å². The number of amides is 1. The van der Waals surface area contributed by atoms with Gasteiger partial charge in [-0.25, -0.2) is 4.79 Å². The minimum atomic E-state index is -1.52. The number of rotatable bonds is 3. The summed E-state index contributed by atoms with van der Waals surface area (Å²) in [7, 11) is -1.52. The molecule has 1 aliphatic rings. The molecule has 0 aromatic heterocycles. The zero-order valence-electron chi connectivity index (χ0n) is 12.4. The maximum absolute atomic E-state index is 11.8. The van der Waals surface area contributed by atoms with Crippen LogP contribution in [0, 0.1) is 0 Å². The predicted molar refractivity (Wildman–Crippen MR) is 78.5 cm³/mol. The lowest BCUT2D eigenvalue weighted by Crippen LogP contribution is -2.57. The van der Waals surface area contributed by atoms with Crippen LogP contribution in [0.2, 0.25) is 0 Å². The van der Waals surface area contributed by atoms with Gasteiger partial charge in [0.1, 0.15) is 17.5 Å². The smallest absolute Gasteiger partial charge is 0.487 e. The molecule has 0 spiro atoms. The van der Waals surface area contributed by atoms with Crippen molar-refractivity contribution in [2.45, 2.75) is 32.5 Å². The molecular weight excluding hydrogens is 273 g/mol. The molecule has 1 saturated heterocycles. The number of ether oxygens (including phenoxy) is 2. The van der Waals surface area contributed by atoms with Crippen LogP contribution >= 0.6 is 0 Å². The monoisotopic (exact) mass is 293 g/mol. The summed E-state index contributed by atoms with van der Waals surface area (Å²) in [5, 5.41) is 18.2. The Morgan fingerprint density at radius 1 is 1.33 bits per heavy atom. The minimum Gasteiger partial charge on any atom is -0.487 e. The Morgan fingerprint density at radius 2 is 2.00 bits per heavy atom. The van der Waals surface area contributed by atoms with E-state index in [0.717, 1.165) is 0 Å². The highest BCUT2D eigenvalue weighted by molar-refractivity contribution is 6.58. The van der Waals surface area contributed by atoms with Gasteiger partial charge in [-0.2, -0.15) is 0 Å². The van der Waals surface area contributed by atoms with Crippen molar-refractivity contribution in [1.29, 1.82) is 0 Å². The lowest BCUT2D eigenvalue weighted by Gasteiger charge is -2.39. The Bertz CT molecular complexity index is 508. The Kier molecular flexibility index (Phi) is 4.44. The van der Waals surface area contributed by atoms with E-state index in [0.29, 0.717) is 24.3 Å². The van der Waals surface area contributed by atoms with Crippen molar-refractivity contribution < 1.29 is 24.3 Å². The molecule has 0 atom stereocenters. The summed E-state index contributed by atoms with van der Waals surface area (Å²) in [6.45, 7) is 6.39. The Balaban J connectivity index is 1.83. The molecule has 0 radical (unpaired) electrons. The summed E-state index contributed by atoms with van der Waals surface area (Å²) >= 11 is 0. The largest absolute Gasteiger partial charge is 0.488 e. The van der Waals surface area contributed by atoms with Crippen LogP contribution in [-0.4, -0.2) is 53.0 Å². The van der Waals surface area contributed by atoms with Crippen molar-refractivity contribution in [2.24, 2.45) is 0 Å². The van der Waals surface area contributed by atoms with Crippen molar-refractivity contribution in [3.8, 4) is 5.75 Å². The number of hydrogen-bond acceptors (Lipinski definition) is 5. The molecule has 0 bridgehead atoms. The van der Waals surface area contributed by atoms with Crippen molar-refractivity contribution in [1.82, 2.24) is 4.90 Å². The highest BCUT2D eigenvalue weighted by Crippen LogP contribution is 2.19. The molecule has 0 saturated carbocycles. The van der Waals surface area contributed by atoms with Gasteiger partial charge >= 0.3 is 13.2 Å². The topological polar surface area (TPSA) is 79.2 Å². The van der Waals surface area contributed by atoms with Gasteiger partial charge in [0, 0.05) is 0 Å². The number of benzene rings is 1. The zero-order valence-corrected chi connectivity index (χ0v) is 12.4. The second-order valence-electron chi connectivity index (χ2n) is 6.07. The van der Waals surface area contributed by atoms with Gasteiger partial charge in [-0.05, 0) is 38.4 Å². The van der Waals surface area contributed by atoms with E-state index in [1.807, 2.05) is 20.8 Å². The number of carbonyl (C=O) groups is 1. The van der Waals surface area contributed by atoms with E-state index in [4.69, 9.17) is 19.5 Å². The molecule has 6 nitrogen and oxygen atoms in total. The minimum absolute atomic E-state index is 0.108. The molecule has 0 aliphatic carbocycles. The number of hydrogen-bond donors (Lipinski definition) is 2. The van der Waals surface area contributed by atoms with E-state index in [-0.39, 0.29) is 12.2 Å². The molecule has 2 N–H and O–H groups in total. The molecule has 21 heavy (non-hydrogen) atoms. The third-order valence-electron chi connectivity index (χ3n) is 2.96. The number of likely N-dealkylation sites (tertiary alicyclic amines) is 1. The second-order valence-corrected chi connectivity index (χ2v) is 6.07. The average molecular weight is 293 g/mol. The molecule has 1 aromatic rings. The molecular formula is C14H20BNO5. The quantitative estimate of drug-likeness (QED) is 0.787. The van der Waals surface area contributed by atoms with Gasteiger partial charge in [0.2, 0.25) is 0 Å². The van der Waals surface area contributed by atoms with Crippen LogP contribution in [0.25, 0.3) is 0 Å². The van der Waals surface area contributed by atoms with Crippen molar-refractivity contribution in [3.05, 3.63) is 24.3 Å². The molecule has 0 unspecified atom stereocenters. The van der Waals surface area contributed by atoms with E-state index < -0.39 is 12.7 Å². The van der Waals surface area contributed by atoms with Gasteiger partial charge in [0.25, 0.3) is 0 Å². The number of carbonyl (C=O) groups excluding carboxylic acids is 1. The maximum Gasteiger partial charge on any atom is 0.488 e. The van der Waals surface area contributed by atoms with Crippen LogP contribution in [0.3, 0.4) is 0 Å². The normalized spacial score (nSPS) is 15.4. The Morgan fingerprint density at radius 3 is 2.57 bits per heavy atom. The summed E-state index contributed by atoms with van der Waals surface area (Å²) in [5.74, 6) is 0.550. The molecule has 1 amide bonds. The summed E-state index contributed by atoms with van der Waals surface area (Å²) < 4.78 is 10.9. The fourth-order valence-corrected chi connectivity index (χ4v) is 1.93. The van der Waals surface area contributed by atoms with Gasteiger partial charge in [-0.1, -0.05) is 12.1 Å². The van der Waals surface area contributed by atoms with E-state index in [9.17, 15) is 4.79 Å². The van der Waals surface area contributed by atoms with E-state index in [1.54, 1.807) is 29.2 Å². The molecule has 1 aromatic carbocycles. The molecule has 1 aliphatic heterocycles. The van der Waals surface area contributed by atoms with Gasteiger partial charge < -0.3 is 24.4 Å². The summed E-state index contributed by atoms with van der Waals surface area (Å²) in [6, 6.07) is 6.60. The maximum atomic E-state index is 11.8. The molecule has 7 heteroatoms. The fourth-order valence-electron chi connectivity index (χ4n) is 1.93. The van der Waals surface area contributed by atoms with E-state index in [1.165, 1.54) is 0 Å². The SMILES string of the molecule is CC(C)(C)OC(=O)N1CC(Oc2cccc(B(O)O)c2)C1. The van der Waals surface area contributed by atoms with E-state index in [2.05, 4.69) is 0 Å². The lowest BCUT2D eigenvalue weighted by atomic mass is 9.80. The van der Waals surface area contributed by atoms with Crippen LogP contribution < -0.4 is 10.2 Å². The van der Waals surface area contributed by atoms with Gasteiger partial charge in [0.15, 0.2) is 0 Å². The molecule has 1 heterocycles. The highest BCUT2D eigenvalue weighted by Gasteiger charge is 2.35. The molecule has 2 rings (SSSR count). The third kappa shape index (κ3) is 4.37. The zero-order chi connectivity index (χ0) is 15.6. The van der Waals surface area contributed by atoms with Gasteiger partial charge in [0.05, 0.1) is 13.1 Å². The first-order valence-electron chi connectivity index (χ1n) is 6.85.